The van der Waals surface area contributed by atoms with Gasteiger partial charge in [-0.25, -0.2) is 13.8 Å². The SMILES string of the molecule is Cc1ccc(C(N)c2scnc2C)c(F)c1F. The van der Waals surface area contributed by atoms with Crippen LogP contribution in [0.2, 0.25) is 0 Å². The van der Waals surface area contributed by atoms with Crippen LogP contribution in [0.15, 0.2) is 17.6 Å². The first-order chi connectivity index (χ1) is 8.02. The van der Waals surface area contributed by atoms with E-state index in [1.807, 2.05) is 0 Å². The molecule has 17 heavy (non-hydrogen) atoms. The summed E-state index contributed by atoms with van der Waals surface area (Å²) in [5.41, 5.74) is 8.79. The first kappa shape index (κ1) is 12.1. The van der Waals surface area contributed by atoms with Gasteiger partial charge in [0.1, 0.15) is 0 Å². The van der Waals surface area contributed by atoms with E-state index in [2.05, 4.69) is 4.98 Å². The topological polar surface area (TPSA) is 38.9 Å². The monoisotopic (exact) mass is 254 g/mol. The Kier molecular flexibility index (Phi) is 3.22. The fraction of sp³-hybridized carbons (Fsp3) is 0.250. The van der Waals surface area contributed by atoms with E-state index in [0.717, 1.165) is 10.6 Å². The summed E-state index contributed by atoms with van der Waals surface area (Å²) in [6.45, 7) is 3.32. The molecule has 0 spiro atoms. The Morgan fingerprint density at radius 3 is 2.53 bits per heavy atom. The summed E-state index contributed by atoms with van der Waals surface area (Å²) in [7, 11) is 0. The summed E-state index contributed by atoms with van der Waals surface area (Å²) < 4.78 is 27.2. The van der Waals surface area contributed by atoms with Crippen LogP contribution >= 0.6 is 11.3 Å². The lowest BCUT2D eigenvalue weighted by atomic mass is 10.0. The van der Waals surface area contributed by atoms with Crippen LogP contribution < -0.4 is 5.73 Å². The van der Waals surface area contributed by atoms with Gasteiger partial charge in [0.2, 0.25) is 0 Å². The summed E-state index contributed by atoms with van der Waals surface area (Å²) in [4.78, 5) is 4.81. The average Bonchev–Trinajstić information content (AvgIpc) is 2.72. The molecule has 0 bridgehead atoms. The Balaban J connectivity index is 2.48. The Morgan fingerprint density at radius 2 is 1.94 bits per heavy atom. The number of rotatable bonds is 2. The van der Waals surface area contributed by atoms with Crippen LogP contribution in [0.25, 0.3) is 0 Å². The van der Waals surface area contributed by atoms with Crippen molar-refractivity contribution in [3.8, 4) is 0 Å². The van der Waals surface area contributed by atoms with Gasteiger partial charge in [-0.1, -0.05) is 12.1 Å². The summed E-state index contributed by atoms with van der Waals surface area (Å²) in [6, 6.07) is 2.39. The summed E-state index contributed by atoms with van der Waals surface area (Å²) in [6.07, 6.45) is 0. The molecule has 2 N–H and O–H groups in total. The predicted molar refractivity (Wildman–Crippen MR) is 64.0 cm³/mol. The standard InChI is InChI=1S/C12H12F2N2S/c1-6-3-4-8(10(14)9(6)13)11(15)12-7(2)16-5-17-12/h3-5,11H,15H2,1-2H3. The Bertz CT molecular complexity index is 551. The molecule has 0 saturated carbocycles. The normalized spacial score (nSPS) is 12.8. The largest absolute Gasteiger partial charge is 0.319 e. The van der Waals surface area contributed by atoms with Crippen LogP contribution in [0, 0.1) is 25.5 Å². The van der Waals surface area contributed by atoms with Crippen LogP contribution in [0.3, 0.4) is 0 Å². The molecule has 1 atom stereocenters. The van der Waals surface area contributed by atoms with Crippen LogP contribution in [0.4, 0.5) is 8.78 Å². The zero-order valence-corrected chi connectivity index (χ0v) is 10.3. The Morgan fingerprint density at radius 1 is 1.24 bits per heavy atom. The maximum atomic E-state index is 13.8. The second-order valence-corrected chi connectivity index (χ2v) is 4.77. The number of hydrogen-bond donors (Lipinski definition) is 1. The lowest BCUT2D eigenvalue weighted by molar-refractivity contribution is 0.489. The third kappa shape index (κ3) is 2.08. The number of nitrogens with zero attached hydrogens (tertiary/aromatic N) is 1. The highest BCUT2D eigenvalue weighted by molar-refractivity contribution is 7.09. The maximum Gasteiger partial charge on any atom is 0.164 e. The van der Waals surface area contributed by atoms with Gasteiger partial charge in [-0.05, 0) is 19.4 Å². The summed E-state index contributed by atoms with van der Waals surface area (Å²) >= 11 is 1.35. The number of benzene rings is 1. The number of aryl methyl sites for hydroxylation is 2. The maximum absolute atomic E-state index is 13.8. The third-order valence-corrected chi connectivity index (χ3v) is 3.72. The van der Waals surface area contributed by atoms with Gasteiger partial charge in [0.15, 0.2) is 11.6 Å². The van der Waals surface area contributed by atoms with E-state index in [-0.39, 0.29) is 11.1 Å². The molecule has 2 aromatic rings. The molecule has 5 heteroatoms. The molecule has 0 radical (unpaired) electrons. The van der Waals surface area contributed by atoms with E-state index in [4.69, 9.17) is 5.73 Å². The second kappa shape index (κ2) is 4.50. The van der Waals surface area contributed by atoms with E-state index >= 15 is 0 Å². The molecule has 1 unspecified atom stereocenters. The molecule has 0 aliphatic carbocycles. The molecular formula is C12H12F2N2S. The molecular weight excluding hydrogens is 242 g/mol. The number of hydrogen-bond acceptors (Lipinski definition) is 3. The molecule has 0 amide bonds. The van der Waals surface area contributed by atoms with Crippen LogP contribution in [0.1, 0.15) is 27.7 Å². The molecule has 90 valence electrons. The molecule has 0 aliphatic heterocycles. The van der Waals surface area contributed by atoms with Gasteiger partial charge in [0.05, 0.1) is 17.2 Å². The fourth-order valence-corrected chi connectivity index (χ4v) is 2.47. The second-order valence-electron chi connectivity index (χ2n) is 3.88. The first-order valence-corrected chi connectivity index (χ1v) is 6.00. The van der Waals surface area contributed by atoms with E-state index in [0.29, 0.717) is 0 Å². The molecule has 0 fully saturated rings. The van der Waals surface area contributed by atoms with Crippen molar-refractivity contribution >= 4 is 11.3 Å². The smallest absolute Gasteiger partial charge is 0.164 e. The lowest BCUT2D eigenvalue weighted by Crippen LogP contribution is -2.14. The third-order valence-electron chi connectivity index (χ3n) is 2.71. The molecule has 0 saturated heterocycles. The van der Waals surface area contributed by atoms with Crippen molar-refractivity contribution in [2.45, 2.75) is 19.9 Å². The van der Waals surface area contributed by atoms with Crippen molar-refractivity contribution < 1.29 is 8.78 Å². The van der Waals surface area contributed by atoms with Gasteiger partial charge in [-0.3, -0.25) is 0 Å². The quantitative estimate of drug-likeness (QED) is 0.894. The van der Waals surface area contributed by atoms with Gasteiger partial charge in [0.25, 0.3) is 0 Å². The average molecular weight is 254 g/mol. The first-order valence-electron chi connectivity index (χ1n) is 5.12. The minimum atomic E-state index is -0.870. The minimum Gasteiger partial charge on any atom is -0.319 e. The zero-order valence-electron chi connectivity index (χ0n) is 9.50. The highest BCUT2D eigenvalue weighted by Crippen LogP contribution is 2.29. The highest BCUT2D eigenvalue weighted by atomic mass is 32.1. The Labute approximate surface area is 102 Å². The van der Waals surface area contributed by atoms with Gasteiger partial charge in [-0.2, -0.15) is 0 Å². The number of aromatic nitrogens is 1. The highest BCUT2D eigenvalue weighted by Gasteiger charge is 2.20. The molecule has 2 rings (SSSR count). The van der Waals surface area contributed by atoms with Gasteiger partial charge in [0, 0.05) is 10.4 Å². The fourth-order valence-electron chi connectivity index (χ4n) is 1.65. The van der Waals surface area contributed by atoms with E-state index < -0.39 is 17.7 Å². The molecule has 2 nitrogen and oxygen atoms in total. The van der Waals surface area contributed by atoms with Gasteiger partial charge >= 0.3 is 0 Å². The molecule has 1 heterocycles. The summed E-state index contributed by atoms with van der Waals surface area (Å²) in [5.74, 6) is -1.70. The predicted octanol–water partition coefficient (Wildman–Crippen LogP) is 3.09. The van der Waals surface area contributed by atoms with Crippen molar-refractivity contribution in [1.82, 2.24) is 4.98 Å². The van der Waals surface area contributed by atoms with Crippen molar-refractivity contribution in [3.63, 3.8) is 0 Å². The van der Waals surface area contributed by atoms with Gasteiger partial charge in [-0.15, -0.1) is 11.3 Å². The Hall–Kier alpha value is -1.33. The number of thiazole rings is 1. The summed E-state index contributed by atoms with van der Waals surface area (Å²) in [5, 5.41) is 0. The number of nitrogens with two attached hydrogens (primary N) is 1. The van der Waals surface area contributed by atoms with E-state index in [1.165, 1.54) is 30.4 Å². The number of halogens is 2. The van der Waals surface area contributed by atoms with Crippen molar-refractivity contribution in [2.75, 3.05) is 0 Å². The van der Waals surface area contributed by atoms with Crippen LogP contribution in [-0.4, -0.2) is 4.98 Å². The lowest BCUT2D eigenvalue weighted by Gasteiger charge is -2.13. The van der Waals surface area contributed by atoms with Crippen molar-refractivity contribution in [1.29, 1.82) is 0 Å². The van der Waals surface area contributed by atoms with Gasteiger partial charge < -0.3 is 5.73 Å². The molecule has 1 aromatic carbocycles. The van der Waals surface area contributed by atoms with Crippen LogP contribution in [0.5, 0.6) is 0 Å². The van der Waals surface area contributed by atoms with Crippen LogP contribution in [-0.2, 0) is 0 Å². The van der Waals surface area contributed by atoms with Crippen molar-refractivity contribution in [3.05, 3.63) is 51.0 Å². The molecule has 1 aromatic heterocycles. The zero-order chi connectivity index (χ0) is 12.6. The molecule has 0 aliphatic rings. The van der Waals surface area contributed by atoms with E-state index in [1.54, 1.807) is 12.4 Å². The van der Waals surface area contributed by atoms with Crippen molar-refractivity contribution in [2.24, 2.45) is 5.73 Å². The van der Waals surface area contributed by atoms with E-state index in [9.17, 15) is 8.78 Å². The minimum absolute atomic E-state index is 0.167.